The van der Waals surface area contributed by atoms with Crippen LogP contribution in [0.5, 0.6) is 0 Å². The molecule has 0 fully saturated rings. The maximum absolute atomic E-state index is 12.6. The van der Waals surface area contributed by atoms with Crippen LogP contribution in [0.3, 0.4) is 0 Å². The summed E-state index contributed by atoms with van der Waals surface area (Å²) in [5, 5.41) is -0.0623. The second-order valence-corrected chi connectivity index (χ2v) is 6.33. The van der Waals surface area contributed by atoms with Gasteiger partial charge in [-0.1, -0.05) is 13.8 Å². The monoisotopic (exact) mass is 278 g/mol. The molecule has 0 aromatic rings. The summed E-state index contributed by atoms with van der Waals surface area (Å²) in [7, 11) is 0. The quantitative estimate of drug-likeness (QED) is 0.442. The number of hydrogen-bond donors (Lipinski definition) is 0. The van der Waals surface area contributed by atoms with E-state index < -0.39 is 6.17 Å². The average Bonchev–Trinajstić information content (AvgIpc) is 2.26. The molecule has 0 bridgehead atoms. The van der Waals surface area contributed by atoms with E-state index in [9.17, 15) is 9.18 Å². The summed E-state index contributed by atoms with van der Waals surface area (Å²) in [5.74, 6) is 1.29. The van der Waals surface area contributed by atoms with Gasteiger partial charge in [-0.15, -0.1) is 11.8 Å². The van der Waals surface area contributed by atoms with Gasteiger partial charge in [0.25, 0.3) is 0 Å². The van der Waals surface area contributed by atoms with Crippen molar-refractivity contribution < 1.29 is 13.9 Å². The zero-order valence-electron chi connectivity index (χ0n) is 12.1. The number of hydrogen-bond acceptors (Lipinski definition) is 3. The number of alkyl halides is 1. The van der Waals surface area contributed by atoms with Gasteiger partial charge >= 0.3 is 5.97 Å². The van der Waals surface area contributed by atoms with Gasteiger partial charge in [0.2, 0.25) is 0 Å². The molecular formula is C14H27FO2S. The van der Waals surface area contributed by atoms with E-state index in [1.54, 1.807) is 18.7 Å². The standard InChI is InChI=1S/C14H27FO2S/c1-5-17-14(16)13(10-11(2)3)18-9-7-6-8-12(4)15/h11-13H,5-10H2,1-4H3. The van der Waals surface area contributed by atoms with Crippen LogP contribution in [0.15, 0.2) is 0 Å². The Morgan fingerprint density at radius 1 is 1.28 bits per heavy atom. The van der Waals surface area contributed by atoms with Gasteiger partial charge in [-0.2, -0.15) is 0 Å². The van der Waals surface area contributed by atoms with Gasteiger partial charge in [0, 0.05) is 0 Å². The molecule has 0 rings (SSSR count). The molecule has 0 aliphatic rings. The number of esters is 1. The van der Waals surface area contributed by atoms with E-state index in [1.807, 2.05) is 6.92 Å². The smallest absolute Gasteiger partial charge is 0.319 e. The number of rotatable bonds is 10. The van der Waals surface area contributed by atoms with E-state index in [1.165, 1.54) is 0 Å². The van der Waals surface area contributed by atoms with Crippen molar-refractivity contribution in [2.45, 2.75) is 64.8 Å². The van der Waals surface area contributed by atoms with Gasteiger partial charge in [0.15, 0.2) is 0 Å². The number of carbonyl (C=O) groups is 1. The van der Waals surface area contributed by atoms with Crippen molar-refractivity contribution in [1.82, 2.24) is 0 Å². The third kappa shape index (κ3) is 9.75. The topological polar surface area (TPSA) is 26.3 Å². The molecule has 108 valence electrons. The highest BCUT2D eigenvalue weighted by atomic mass is 32.2. The molecule has 2 unspecified atom stereocenters. The van der Waals surface area contributed by atoms with Crippen LogP contribution in [0.1, 0.15) is 53.4 Å². The Bertz CT molecular complexity index is 220. The summed E-state index contributed by atoms with van der Waals surface area (Å²) in [6, 6.07) is 0. The molecule has 0 N–H and O–H groups in total. The van der Waals surface area contributed by atoms with Crippen LogP contribution in [0.4, 0.5) is 4.39 Å². The van der Waals surface area contributed by atoms with Crippen LogP contribution in [0.25, 0.3) is 0 Å². The number of carbonyl (C=O) groups excluding carboxylic acids is 1. The highest BCUT2D eigenvalue weighted by Crippen LogP contribution is 2.22. The van der Waals surface area contributed by atoms with Crippen molar-refractivity contribution in [2.75, 3.05) is 12.4 Å². The Labute approximate surface area is 115 Å². The summed E-state index contributed by atoms with van der Waals surface area (Å²) >= 11 is 1.65. The third-order valence-corrected chi connectivity index (χ3v) is 3.86. The maximum Gasteiger partial charge on any atom is 0.319 e. The summed E-state index contributed by atoms with van der Waals surface area (Å²) in [6.45, 7) is 8.08. The first-order chi connectivity index (χ1) is 8.47. The van der Waals surface area contributed by atoms with E-state index in [4.69, 9.17) is 4.74 Å². The minimum absolute atomic E-state index is 0.0623. The molecule has 2 nitrogen and oxygen atoms in total. The van der Waals surface area contributed by atoms with Gasteiger partial charge in [0.1, 0.15) is 5.25 Å². The maximum atomic E-state index is 12.6. The second-order valence-electron chi connectivity index (χ2n) is 5.02. The average molecular weight is 278 g/mol. The van der Waals surface area contributed by atoms with Crippen LogP contribution >= 0.6 is 11.8 Å². The minimum atomic E-state index is -0.716. The zero-order valence-corrected chi connectivity index (χ0v) is 12.9. The SMILES string of the molecule is CCOC(=O)C(CC(C)C)SCCCCC(C)F. The van der Waals surface area contributed by atoms with Crippen molar-refractivity contribution in [2.24, 2.45) is 5.92 Å². The molecule has 0 aliphatic carbocycles. The largest absolute Gasteiger partial charge is 0.465 e. The summed E-state index contributed by atoms with van der Waals surface area (Å²) < 4.78 is 17.7. The van der Waals surface area contributed by atoms with E-state index in [-0.39, 0.29) is 11.2 Å². The highest BCUT2D eigenvalue weighted by molar-refractivity contribution is 8.00. The Hall–Kier alpha value is -0.250. The Balaban J connectivity index is 3.90. The predicted octanol–water partition coefficient (Wildman–Crippen LogP) is 4.23. The Morgan fingerprint density at radius 3 is 2.44 bits per heavy atom. The van der Waals surface area contributed by atoms with Crippen LogP contribution in [-0.2, 0) is 9.53 Å². The van der Waals surface area contributed by atoms with Crippen LogP contribution in [0.2, 0.25) is 0 Å². The van der Waals surface area contributed by atoms with Gasteiger partial charge < -0.3 is 4.74 Å². The van der Waals surface area contributed by atoms with E-state index in [0.29, 0.717) is 18.9 Å². The van der Waals surface area contributed by atoms with Crippen molar-refractivity contribution in [1.29, 1.82) is 0 Å². The molecular weight excluding hydrogens is 251 g/mol. The van der Waals surface area contributed by atoms with E-state index in [2.05, 4.69) is 13.8 Å². The van der Waals surface area contributed by atoms with Crippen LogP contribution in [-0.4, -0.2) is 29.8 Å². The van der Waals surface area contributed by atoms with E-state index >= 15 is 0 Å². The third-order valence-electron chi connectivity index (χ3n) is 2.55. The first-order valence-electron chi connectivity index (χ1n) is 6.89. The molecule has 0 radical (unpaired) electrons. The van der Waals surface area contributed by atoms with Gasteiger partial charge in [-0.25, -0.2) is 4.39 Å². The van der Waals surface area contributed by atoms with Crippen molar-refractivity contribution in [3.8, 4) is 0 Å². The molecule has 0 spiro atoms. The molecule has 0 aliphatic heterocycles. The number of halogens is 1. The summed E-state index contributed by atoms with van der Waals surface area (Å²) in [5.41, 5.74) is 0. The highest BCUT2D eigenvalue weighted by Gasteiger charge is 2.21. The van der Waals surface area contributed by atoms with Crippen molar-refractivity contribution >= 4 is 17.7 Å². The lowest BCUT2D eigenvalue weighted by Crippen LogP contribution is -2.22. The first kappa shape index (κ1) is 17.8. The molecule has 0 saturated heterocycles. The van der Waals surface area contributed by atoms with Crippen molar-refractivity contribution in [3.05, 3.63) is 0 Å². The van der Waals surface area contributed by atoms with Crippen LogP contribution < -0.4 is 0 Å². The fraction of sp³-hybridized carbons (Fsp3) is 0.929. The molecule has 0 amide bonds. The predicted molar refractivity (Wildman–Crippen MR) is 76.8 cm³/mol. The lowest BCUT2D eigenvalue weighted by molar-refractivity contribution is -0.142. The molecule has 0 saturated carbocycles. The van der Waals surface area contributed by atoms with Gasteiger partial charge in [-0.3, -0.25) is 4.79 Å². The zero-order chi connectivity index (χ0) is 14.0. The van der Waals surface area contributed by atoms with E-state index in [0.717, 1.165) is 25.0 Å². The second kappa shape index (κ2) is 10.7. The lowest BCUT2D eigenvalue weighted by Gasteiger charge is -2.17. The molecule has 0 aromatic heterocycles. The van der Waals surface area contributed by atoms with Gasteiger partial charge in [0.05, 0.1) is 12.8 Å². The molecule has 4 heteroatoms. The molecule has 0 aromatic carbocycles. The number of ether oxygens (including phenoxy) is 1. The molecule has 0 heterocycles. The fourth-order valence-corrected chi connectivity index (χ4v) is 3.03. The van der Waals surface area contributed by atoms with Gasteiger partial charge in [-0.05, 0) is 51.2 Å². The summed E-state index contributed by atoms with van der Waals surface area (Å²) in [4.78, 5) is 11.7. The number of thioether (sulfide) groups is 1. The Kier molecular flexibility index (Phi) is 10.5. The molecule has 2 atom stereocenters. The molecule has 18 heavy (non-hydrogen) atoms. The lowest BCUT2D eigenvalue weighted by atomic mass is 10.1. The van der Waals surface area contributed by atoms with Crippen LogP contribution in [0, 0.1) is 5.92 Å². The number of unbranched alkanes of at least 4 members (excludes halogenated alkanes) is 1. The minimum Gasteiger partial charge on any atom is -0.465 e. The van der Waals surface area contributed by atoms with Crippen molar-refractivity contribution in [3.63, 3.8) is 0 Å². The Morgan fingerprint density at radius 2 is 1.94 bits per heavy atom. The fourth-order valence-electron chi connectivity index (χ4n) is 1.65. The normalized spacial score (nSPS) is 14.6. The summed E-state index contributed by atoms with van der Waals surface area (Å²) in [6.07, 6.45) is 2.61. The first-order valence-corrected chi connectivity index (χ1v) is 7.94.